The second-order valence-electron chi connectivity index (χ2n) is 3.12. The fourth-order valence-electron chi connectivity index (χ4n) is 1.67. The number of methoxy groups -OCH3 is 2. The van der Waals surface area contributed by atoms with Crippen molar-refractivity contribution in [1.29, 1.82) is 0 Å². The standard InChI is InChI=1S/C11H16ClNO2/c1-4-8-7(6-13)5-9(12)11(15-3)10(8)14-2/h5H,4,6,13H2,1-3H3. The van der Waals surface area contributed by atoms with Crippen molar-refractivity contribution in [3.63, 3.8) is 0 Å². The van der Waals surface area contributed by atoms with Gasteiger partial charge in [-0.15, -0.1) is 0 Å². The summed E-state index contributed by atoms with van der Waals surface area (Å²) in [7, 11) is 3.18. The highest BCUT2D eigenvalue weighted by Gasteiger charge is 2.16. The van der Waals surface area contributed by atoms with Gasteiger partial charge in [0.05, 0.1) is 19.2 Å². The summed E-state index contributed by atoms with van der Waals surface area (Å²) < 4.78 is 10.5. The molecule has 84 valence electrons. The van der Waals surface area contributed by atoms with Crippen LogP contribution in [0.15, 0.2) is 6.07 Å². The molecule has 3 nitrogen and oxygen atoms in total. The van der Waals surface area contributed by atoms with Crippen molar-refractivity contribution < 1.29 is 9.47 Å². The minimum Gasteiger partial charge on any atom is -0.493 e. The van der Waals surface area contributed by atoms with Crippen molar-refractivity contribution in [1.82, 2.24) is 0 Å². The van der Waals surface area contributed by atoms with E-state index in [9.17, 15) is 0 Å². The maximum atomic E-state index is 6.06. The number of nitrogens with two attached hydrogens (primary N) is 1. The molecular formula is C11H16ClNO2. The summed E-state index contributed by atoms with van der Waals surface area (Å²) in [5, 5.41) is 0.534. The van der Waals surface area contributed by atoms with Gasteiger partial charge < -0.3 is 15.2 Å². The Balaban J connectivity index is 3.44. The van der Waals surface area contributed by atoms with E-state index in [1.165, 1.54) is 0 Å². The second-order valence-corrected chi connectivity index (χ2v) is 3.53. The number of rotatable bonds is 4. The highest BCUT2D eigenvalue weighted by Crippen LogP contribution is 2.40. The van der Waals surface area contributed by atoms with E-state index in [1.54, 1.807) is 14.2 Å². The molecule has 0 fully saturated rings. The Bertz CT molecular complexity index is 353. The predicted molar refractivity (Wildman–Crippen MR) is 61.8 cm³/mol. The van der Waals surface area contributed by atoms with Crippen LogP contribution in [0.4, 0.5) is 0 Å². The number of benzene rings is 1. The van der Waals surface area contributed by atoms with Crippen LogP contribution in [0.2, 0.25) is 5.02 Å². The Morgan fingerprint density at radius 1 is 1.27 bits per heavy atom. The molecule has 0 atom stereocenters. The van der Waals surface area contributed by atoms with Gasteiger partial charge in [0.1, 0.15) is 0 Å². The van der Waals surface area contributed by atoms with E-state index in [0.717, 1.165) is 17.5 Å². The lowest BCUT2D eigenvalue weighted by Crippen LogP contribution is -2.05. The van der Waals surface area contributed by atoms with E-state index in [0.29, 0.717) is 23.1 Å². The number of halogens is 1. The monoisotopic (exact) mass is 229 g/mol. The molecule has 0 saturated heterocycles. The van der Waals surface area contributed by atoms with Crippen LogP contribution in [0.1, 0.15) is 18.1 Å². The summed E-state index contributed by atoms with van der Waals surface area (Å²) in [6, 6.07) is 1.84. The Kier molecular flexibility index (Phi) is 4.24. The first-order valence-electron chi connectivity index (χ1n) is 4.81. The highest BCUT2D eigenvalue weighted by atomic mass is 35.5. The fourth-order valence-corrected chi connectivity index (χ4v) is 1.97. The number of hydrogen-bond acceptors (Lipinski definition) is 3. The normalized spacial score (nSPS) is 10.2. The predicted octanol–water partition coefficient (Wildman–Crippen LogP) is 2.38. The summed E-state index contributed by atoms with van der Waals surface area (Å²) in [5.74, 6) is 1.26. The minimum atomic E-state index is 0.448. The van der Waals surface area contributed by atoms with E-state index in [2.05, 4.69) is 0 Å². The van der Waals surface area contributed by atoms with Gasteiger partial charge in [0.15, 0.2) is 11.5 Å². The quantitative estimate of drug-likeness (QED) is 0.862. The SMILES string of the molecule is CCc1c(CN)cc(Cl)c(OC)c1OC. The number of ether oxygens (including phenoxy) is 2. The molecule has 0 aliphatic rings. The van der Waals surface area contributed by atoms with Crippen molar-refractivity contribution in [2.75, 3.05) is 14.2 Å². The fraction of sp³-hybridized carbons (Fsp3) is 0.455. The van der Waals surface area contributed by atoms with Crippen LogP contribution in [-0.2, 0) is 13.0 Å². The van der Waals surface area contributed by atoms with Crippen molar-refractivity contribution in [2.24, 2.45) is 5.73 Å². The Labute approximate surface area is 95.1 Å². The van der Waals surface area contributed by atoms with E-state index in [-0.39, 0.29) is 0 Å². The van der Waals surface area contributed by atoms with Gasteiger partial charge in [-0.25, -0.2) is 0 Å². The molecule has 0 aliphatic heterocycles. The van der Waals surface area contributed by atoms with Gasteiger partial charge >= 0.3 is 0 Å². The third kappa shape index (κ3) is 2.19. The lowest BCUT2D eigenvalue weighted by atomic mass is 10.0. The molecule has 0 aliphatic carbocycles. The van der Waals surface area contributed by atoms with E-state index < -0.39 is 0 Å². The second kappa shape index (κ2) is 5.24. The van der Waals surface area contributed by atoms with Crippen LogP contribution in [0.25, 0.3) is 0 Å². The third-order valence-electron chi connectivity index (χ3n) is 2.37. The Hall–Kier alpha value is -0.930. The van der Waals surface area contributed by atoms with Crippen LogP contribution in [-0.4, -0.2) is 14.2 Å². The highest BCUT2D eigenvalue weighted by molar-refractivity contribution is 6.32. The van der Waals surface area contributed by atoms with Crippen LogP contribution >= 0.6 is 11.6 Å². The minimum absolute atomic E-state index is 0.448. The lowest BCUT2D eigenvalue weighted by molar-refractivity contribution is 0.351. The van der Waals surface area contributed by atoms with Gasteiger partial charge in [-0.2, -0.15) is 0 Å². The van der Waals surface area contributed by atoms with Crippen molar-refractivity contribution >= 4 is 11.6 Å². The van der Waals surface area contributed by atoms with Gasteiger partial charge in [-0.3, -0.25) is 0 Å². The van der Waals surface area contributed by atoms with Crippen LogP contribution in [0.3, 0.4) is 0 Å². The topological polar surface area (TPSA) is 44.5 Å². The zero-order valence-corrected chi connectivity index (χ0v) is 10.0. The first-order valence-corrected chi connectivity index (χ1v) is 5.19. The molecule has 2 N–H and O–H groups in total. The third-order valence-corrected chi connectivity index (χ3v) is 2.65. The molecule has 1 aromatic carbocycles. The summed E-state index contributed by atoms with van der Waals surface area (Å²) in [4.78, 5) is 0. The maximum Gasteiger partial charge on any atom is 0.179 e. The van der Waals surface area contributed by atoms with E-state index in [1.807, 2.05) is 13.0 Å². The molecule has 1 aromatic rings. The molecule has 0 heterocycles. The molecule has 0 aromatic heterocycles. The zero-order chi connectivity index (χ0) is 11.4. The van der Waals surface area contributed by atoms with Crippen LogP contribution in [0.5, 0.6) is 11.5 Å². The van der Waals surface area contributed by atoms with Gasteiger partial charge in [0, 0.05) is 12.1 Å². The van der Waals surface area contributed by atoms with E-state index >= 15 is 0 Å². The lowest BCUT2D eigenvalue weighted by Gasteiger charge is -2.16. The van der Waals surface area contributed by atoms with Gasteiger partial charge in [-0.05, 0) is 18.1 Å². The maximum absolute atomic E-state index is 6.06. The summed E-state index contributed by atoms with van der Waals surface area (Å²) in [5.41, 5.74) is 7.71. The first kappa shape index (κ1) is 12.1. The summed E-state index contributed by atoms with van der Waals surface area (Å²) in [6.07, 6.45) is 0.837. The first-order chi connectivity index (χ1) is 7.19. The van der Waals surface area contributed by atoms with Crippen molar-refractivity contribution in [2.45, 2.75) is 19.9 Å². The number of hydrogen-bond donors (Lipinski definition) is 1. The molecule has 4 heteroatoms. The Morgan fingerprint density at radius 2 is 1.87 bits per heavy atom. The average Bonchev–Trinajstić information content (AvgIpc) is 2.27. The summed E-state index contributed by atoms with van der Waals surface area (Å²) >= 11 is 6.06. The smallest absolute Gasteiger partial charge is 0.179 e. The molecule has 0 radical (unpaired) electrons. The Morgan fingerprint density at radius 3 is 2.27 bits per heavy atom. The van der Waals surface area contributed by atoms with Crippen LogP contribution < -0.4 is 15.2 Å². The van der Waals surface area contributed by atoms with Gasteiger partial charge in [0.2, 0.25) is 0 Å². The van der Waals surface area contributed by atoms with Gasteiger partial charge in [0.25, 0.3) is 0 Å². The molecule has 0 spiro atoms. The van der Waals surface area contributed by atoms with Crippen LogP contribution in [0, 0.1) is 0 Å². The molecule has 15 heavy (non-hydrogen) atoms. The zero-order valence-electron chi connectivity index (χ0n) is 9.26. The largest absolute Gasteiger partial charge is 0.493 e. The molecule has 0 amide bonds. The van der Waals surface area contributed by atoms with Crippen molar-refractivity contribution in [3.8, 4) is 11.5 Å². The molecule has 0 unspecified atom stereocenters. The molecular weight excluding hydrogens is 214 g/mol. The molecule has 1 rings (SSSR count). The van der Waals surface area contributed by atoms with Gasteiger partial charge in [-0.1, -0.05) is 18.5 Å². The van der Waals surface area contributed by atoms with Crippen molar-refractivity contribution in [3.05, 3.63) is 22.2 Å². The van der Waals surface area contributed by atoms with E-state index in [4.69, 9.17) is 26.8 Å². The average molecular weight is 230 g/mol. The summed E-state index contributed by atoms with van der Waals surface area (Å²) in [6.45, 7) is 2.49. The molecule has 0 bridgehead atoms. The molecule has 0 saturated carbocycles.